The summed E-state index contributed by atoms with van der Waals surface area (Å²) in [4.78, 5) is 7.22. The Morgan fingerprint density at radius 3 is 2.84 bits per heavy atom. The number of piperidine rings is 1. The van der Waals surface area contributed by atoms with Gasteiger partial charge in [-0.2, -0.15) is 4.37 Å². The van der Waals surface area contributed by atoms with Crippen molar-refractivity contribution in [3.63, 3.8) is 0 Å². The Morgan fingerprint density at radius 2 is 2.16 bits per heavy atom. The maximum Gasteiger partial charge on any atom is 0.205 e. The molecule has 1 saturated heterocycles. The van der Waals surface area contributed by atoms with Gasteiger partial charge in [0.25, 0.3) is 0 Å². The molecule has 1 saturated carbocycles. The van der Waals surface area contributed by atoms with Gasteiger partial charge in [-0.05, 0) is 32.1 Å². The monoisotopic (exact) mass is 280 g/mol. The fourth-order valence-corrected chi connectivity index (χ4v) is 3.54. The Hall–Kier alpha value is -0.680. The molecule has 1 aliphatic carbocycles. The van der Waals surface area contributed by atoms with Gasteiger partial charge in [0.15, 0.2) is 0 Å². The Labute approximate surface area is 119 Å². The highest BCUT2D eigenvalue weighted by atomic mass is 32.1. The minimum Gasteiger partial charge on any atom is -0.343 e. The smallest absolute Gasteiger partial charge is 0.205 e. The number of aromatic nitrogens is 2. The predicted octanol–water partition coefficient (Wildman–Crippen LogP) is 2.77. The van der Waals surface area contributed by atoms with Crippen LogP contribution in [0.1, 0.15) is 57.7 Å². The second-order valence-corrected chi connectivity index (χ2v) is 6.85. The van der Waals surface area contributed by atoms with Crippen molar-refractivity contribution in [2.24, 2.45) is 0 Å². The minimum absolute atomic E-state index is 0.429. The Kier molecular flexibility index (Phi) is 4.03. The van der Waals surface area contributed by atoms with Crippen LogP contribution in [0.15, 0.2) is 0 Å². The first kappa shape index (κ1) is 13.3. The molecule has 3 rings (SSSR count). The molecule has 5 heteroatoms. The van der Waals surface area contributed by atoms with Crippen molar-refractivity contribution in [1.29, 1.82) is 0 Å². The van der Waals surface area contributed by atoms with Gasteiger partial charge in [-0.3, -0.25) is 0 Å². The molecule has 2 heterocycles. The summed E-state index contributed by atoms with van der Waals surface area (Å²) in [7, 11) is 0. The van der Waals surface area contributed by atoms with Gasteiger partial charge < -0.3 is 10.2 Å². The molecule has 1 aromatic rings. The van der Waals surface area contributed by atoms with Gasteiger partial charge in [-0.1, -0.05) is 13.8 Å². The van der Waals surface area contributed by atoms with Gasteiger partial charge in [0.05, 0.1) is 0 Å². The zero-order valence-corrected chi connectivity index (χ0v) is 12.7. The van der Waals surface area contributed by atoms with E-state index >= 15 is 0 Å². The van der Waals surface area contributed by atoms with Crippen molar-refractivity contribution in [2.45, 2.75) is 64.0 Å². The molecule has 106 valence electrons. The van der Waals surface area contributed by atoms with E-state index in [9.17, 15) is 0 Å². The largest absolute Gasteiger partial charge is 0.343 e. The van der Waals surface area contributed by atoms with Crippen molar-refractivity contribution < 1.29 is 0 Å². The van der Waals surface area contributed by atoms with Crippen LogP contribution in [-0.4, -0.2) is 34.5 Å². The summed E-state index contributed by atoms with van der Waals surface area (Å²) < 4.78 is 4.50. The Morgan fingerprint density at radius 1 is 1.32 bits per heavy atom. The van der Waals surface area contributed by atoms with Gasteiger partial charge in [0.2, 0.25) is 5.13 Å². The second kappa shape index (κ2) is 5.75. The predicted molar refractivity (Wildman–Crippen MR) is 80.0 cm³/mol. The SMILES string of the molecule is CC(C)c1nsc(N2CCCCC2CNC2CC2)n1. The third kappa shape index (κ3) is 3.26. The minimum atomic E-state index is 0.429. The van der Waals surface area contributed by atoms with Crippen LogP contribution >= 0.6 is 11.5 Å². The van der Waals surface area contributed by atoms with Crippen LogP contribution < -0.4 is 10.2 Å². The third-order valence-corrected chi connectivity index (χ3v) is 4.81. The van der Waals surface area contributed by atoms with E-state index < -0.39 is 0 Å². The molecule has 0 radical (unpaired) electrons. The highest BCUT2D eigenvalue weighted by Gasteiger charge is 2.28. The first-order valence-electron chi connectivity index (χ1n) is 7.57. The maximum absolute atomic E-state index is 4.73. The zero-order valence-electron chi connectivity index (χ0n) is 11.9. The lowest BCUT2D eigenvalue weighted by Crippen LogP contribution is -2.46. The molecule has 0 amide bonds. The molecular formula is C14H24N4S. The van der Waals surface area contributed by atoms with Crippen LogP contribution in [0, 0.1) is 0 Å². The molecular weight excluding hydrogens is 256 g/mol. The number of hydrogen-bond donors (Lipinski definition) is 1. The van der Waals surface area contributed by atoms with Gasteiger partial charge in [-0.15, -0.1) is 0 Å². The molecule has 2 aliphatic rings. The van der Waals surface area contributed by atoms with Crippen LogP contribution in [0.4, 0.5) is 5.13 Å². The number of nitrogens with one attached hydrogen (secondary N) is 1. The molecule has 1 N–H and O–H groups in total. The maximum atomic E-state index is 4.73. The summed E-state index contributed by atoms with van der Waals surface area (Å²) in [6, 6.07) is 1.41. The van der Waals surface area contributed by atoms with Crippen molar-refractivity contribution in [3.8, 4) is 0 Å². The fourth-order valence-electron chi connectivity index (χ4n) is 2.63. The topological polar surface area (TPSA) is 41.1 Å². The molecule has 19 heavy (non-hydrogen) atoms. The molecule has 0 aromatic carbocycles. The van der Waals surface area contributed by atoms with E-state index in [1.165, 1.54) is 32.1 Å². The van der Waals surface area contributed by atoms with E-state index in [0.29, 0.717) is 12.0 Å². The number of nitrogens with zero attached hydrogens (tertiary/aromatic N) is 3. The average molecular weight is 280 g/mol. The molecule has 0 bridgehead atoms. The van der Waals surface area contributed by atoms with Gasteiger partial charge >= 0.3 is 0 Å². The van der Waals surface area contributed by atoms with Crippen LogP contribution in [0.3, 0.4) is 0 Å². The van der Waals surface area contributed by atoms with E-state index in [0.717, 1.165) is 30.1 Å². The quantitative estimate of drug-likeness (QED) is 0.900. The van der Waals surface area contributed by atoms with E-state index in [4.69, 9.17) is 4.98 Å². The van der Waals surface area contributed by atoms with Gasteiger partial charge in [-0.25, -0.2) is 4.98 Å². The summed E-state index contributed by atoms with van der Waals surface area (Å²) in [6.07, 6.45) is 6.65. The summed E-state index contributed by atoms with van der Waals surface area (Å²) in [6.45, 7) is 6.58. The molecule has 4 nitrogen and oxygen atoms in total. The van der Waals surface area contributed by atoms with E-state index in [1.54, 1.807) is 11.5 Å². The highest BCUT2D eigenvalue weighted by Crippen LogP contribution is 2.28. The second-order valence-electron chi connectivity index (χ2n) is 6.12. The van der Waals surface area contributed by atoms with Crippen molar-refractivity contribution in [2.75, 3.05) is 18.0 Å². The summed E-state index contributed by atoms with van der Waals surface area (Å²) in [5, 5.41) is 4.80. The number of hydrogen-bond acceptors (Lipinski definition) is 5. The average Bonchev–Trinajstić information content (AvgIpc) is 3.11. The zero-order chi connectivity index (χ0) is 13.2. The lowest BCUT2D eigenvalue weighted by molar-refractivity contribution is 0.433. The Bertz CT molecular complexity index is 413. The normalized spacial score (nSPS) is 24.2. The van der Waals surface area contributed by atoms with Crippen molar-refractivity contribution in [1.82, 2.24) is 14.7 Å². The Balaban J connectivity index is 1.66. The van der Waals surface area contributed by atoms with E-state index in [-0.39, 0.29) is 0 Å². The molecule has 0 spiro atoms. The highest BCUT2D eigenvalue weighted by molar-refractivity contribution is 7.09. The summed E-state index contributed by atoms with van der Waals surface area (Å²) >= 11 is 1.58. The number of anilines is 1. The molecule has 1 atom stereocenters. The number of rotatable bonds is 5. The van der Waals surface area contributed by atoms with Gasteiger partial charge in [0, 0.05) is 42.6 Å². The van der Waals surface area contributed by atoms with Crippen molar-refractivity contribution >= 4 is 16.7 Å². The van der Waals surface area contributed by atoms with Crippen molar-refractivity contribution in [3.05, 3.63) is 5.82 Å². The molecule has 2 fully saturated rings. The van der Waals surface area contributed by atoms with Crippen LogP contribution in [0.5, 0.6) is 0 Å². The van der Waals surface area contributed by atoms with E-state index in [2.05, 4.69) is 28.4 Å². The molecule has 1 aliphatic heterocycles. The lowest BCUT2D eigenvalue weighted by atomic mass is 10.0. The first-order chi connectivity index (χ1) is 9.24. The lowest BCUT2D eigenvalue weighted by Gasteiger charge is -2.35. The third-order valence-electron chi connectivity index (χ3n) is 4.04. The fraction of sp³-hybridized carbons (Fsp3) is 0.857. The van der Waals surface area contributed by atoms with Crippen LogP contribution in [0.25, 0.3) is 0 Å². The summed E-state index contributed by atoms with van der Waals surface area (Å²) in [5.74, 6) is 1.43. The summed E-state index contributed by atoms with van der Waals surface area (Å²) in [5.41, 5.74) is 0. The van der Waals surface area contributed by atoms with Gasteiger partial charge in [0.1, 0.15) is 5.82 Å². The molecule has 1 unspecified atom stereocenters. The first-order valence-corrected chi connectivity index (χ1v) is 8.35. The molecule has 1 aromatic heterocycles. The van der Waals surface area contributed by atoms with E-state index in [1.807, 2.05) is 0 Å². The standard InChI is InChI=1S/C14H24N4S/c1-10(2)13-16-14(19-17-13)18-8-4-3-5-12(18)9-15-11-6-7-11/h10-12,15H,3-9H2,1-2H3. The van der Waals surface area contributed by atoms with Crippen LogP contribution in [-0.2, 0) is 0 Å². The van der Waals surface area contributed by atoms with Crippen LogP contribution in [0.2, 0.25) is 0 Å².